The van der Waals surface area contributed by atoms with Gasteiger partial charge in [0.25, 0.3) is 0 Å². The van der Waals surface area contributed by atoms with Crippen LogP contribution in [0.3, 0.4) is 0 Å². The molecule has 0 saturated heterocycles. The highest BCUT2D eigenvalue weighted by Crippen LogP contribution is 2.43. The number of halogens is 1. The van der Waals surface area contributed by atoms with Gasteiger partial charge in [-0.3, -0.25) is 0 Å². The van der Waals surface area contributed by atoms with Crippen LogP contribution in [0.15, 0.2) is 36.4 Å². The van der Waals surface area contributed by atoms with Crippen molar-refractivity contribution in [1.29, 1.82) is 0 Å². The Morgan fingerprint density at radius 1 is 1.00 bits per heavy atom. The second-order valence-corrected chi connectivity index (χ2v) is 5.79. The van der Waals surface area contributed by atoms with E-state index < -0.39 is 6.10 Å². The van der Waals surface area contributed by atoms with Gasteiger partial charge in [-0.2, -0.15) is 0 Å². The molecular weight excluding hydrogens is 256 g/mol. The fourth-order valence-corrected chi connectivity index (χ4v) is 3.33. The minimum atomic E-state index is -0.537. The molecule has 0 heterocycles. The van der Waals surface area contributed by atoms with Gasteiger partial charge in [-0.25, -0.2) is 0 Å². The third-order valence-corrected chi connectivity index (χ3v) is 4.50. The van der Waals surface area contributed by atoms with E-state index in [4.69, 9.17) is 11.6 Å². The average molecular weight is 273 g/mol. The molecule has 2 heteroatoms. The fraction of sp³-hybridized carbons (Fsp3) is 0.294. The van der Waals surface area contributed by atoms with Crippen LogP contribution in [0.1, 0.15) is 27.6 Å². The summed E-state index contributed by atoms with van der Waals surface area (Å²) in [6.07, 6.45) is 0.0736. The second-order valence-electron chi connectivity index (χ2n) is 5.32. The fourth-order valence-electron chi connectivity index (χ4n) is 3.05. The van der Waals surface area contributed by atoms with Crippen molar-refractivity contribution >= 4 is 11.6 Å². The van der Waals surface area contributed by atoms with Crippen LogP contribution in [0.25, 0.3) is 11.1 Å². The number of benzene rings is 2. The maximum Gasteiger partial charge on any atom is 0.0853 e. The summed E-state index contributed by atoms with van der Waals surface area (Å²) in [6, 6.07) is 12.4. The highest BCUT2D eigenvalue weighted by molar-refractivity contribution is 6.22. The minimum Gasteiger partial charge on any atom is -0.391 e. The van der Waals surface area contributed by atoms with E-state index >= 15 is 0 Å². The maximum absolute atomic E-state index is 10.3. The Kier molecular flexibility index (Phi) is 3.12. The molecular formula is C17H17ClO. The van der Waals surface area contributed by atoms with Crippen molar-refractivity contribution in [2.75, 3.05) is 0 Å². The van der Waals surface area contributed by atoms with E-state index in [0.29, 0.717) is 6.42 Å². The topological polar surface area (TPSA) is 20.2 Å². The van der Waals surface area contributed by atoms with Crippen LogP contribution in [0.4, 0.5) is 0 Å². The molecule has 0 aromatic heterocycles. The second kappa shape index (κ2) is 4.66. The molecule has 3 rings (SSSR count). The Bertz CT molecular complexity index is 633. The van der Waals surface area contributed by atoms with Gasteiger partial charge in [-0.15, -0.1) is 11.6 Å². The van der Waals surface area contributed by atoms with Crippen LogP contribution >= 0.6 is 11.6 Å². The van der Waals surface area contributed by atoms with Gasteiger partial charge in [0, 0.05) is 6.42 Å². The molecule has 0 aliphatic heterocycles. The smallest absolute Gasteiger partial charge is 0.0853 e. The Balaban J connectivity index is 2.39. The van der Waals surface area contributed by atoms with Gasteiger partial charge < -0.3 is 5.11 Å². The Hall–Kier alpha value is -1.31. The quantitative estimate of drug-likeness (QED) is 0.714. The molecule has 0 amide bonds. The van der Waals surface area contributed by atoms with Crippen LogP contribution in [0.2, 0.25) is 0 Å². The molecule has 1 aliphatic rings. The number of hydrogen-bond donors (Lipinski definition) is 1. The lowest BCUT2D eigenvalue weighted by Crippen LogP contribution is -2.15. The summed E-state index contributed by atoms with van der Waals surface area (Å²) in [5.41, 5.74) is 7.14. The summed E-state index contributed by atoms with van der Waals surface area (Å²) < 4.78 is 0. The molecule has 19 heavy (non-hydrogen) atoms. The van der Waals surface area contributed by atoms with Crippen molar-refractivity contribution in [2.24, 2.45) is 0 Å². The first kappa shape index (κ1) is 12.7. The zero-order valence-corrected chi connectivity index (χ0v) is 11.9. The van der Waals surface area contributed by atoms with Crippen LogP contribution in [-0.4, -0.2) is 11.2 Å². The molecule has 0 bridgehead atoms. The van der Waals surface area contributed by atoms with Crippen LogP contribution in [-0.2, 0) is 6.42 Å². The molecule has 1 aliphatic carbocycles. The SMILES string of the molecule is Cc1cccc2c1-c1c(C)cccc1C(Cl)C(O)C2. The summed E-state index contributed by atoms with van der Waals surface area (Å²) in [4.78, 5) is 0. The Morgan fingerprint density at radius 2 is 1.63 bits per heavy atom. The third-order valence-electron chi connectivity index (χ3n) is 3.98. The summed E-state index contributed by atoms with van der Waals surface area (Å²) in [6.45, 7) is 4.23. The lowest BCUT2D eigenvalue weighted by Gasteiger charge is -2.17. The molecule has 98 valence electrons. The van der Waals surface area contributed by atoms with E-state index in [2.05, 4.69) is 32.0 Å². The minimum absolute atomic E-state index is 0.346. The van der Waals surface area contributed by atoms with E-state index in [0.717, 1.165) is 5.56 Å². The van der Waals surface area contributed by atoms with Crippen LogP contribution in [0.5, 0.6) is 0 Å². The standard InChI is InChI=1S/C17H17ClO/c1-10-5-3-7-12-9-14(19)17(18)13-8-4-6-11(2)16(13)15(10)12/h3-8,14,17,19H,9H2,1-2H3. The van der Waals surface area contributed by atoms with Gasteiger partial charge in [0.05, 0.1) is 11.5 Å². The monoisotopic (exact) mass is 272 g/mol. The molecule has 2 unspecified atom stereocenters. The number of hydrogen-bond acceptors (Lipinski definition) is 1. The van der Waals surface area contributed by atoms with Gasteiger partial charge in [0.2, 0.25) is 0 Å². The third kappa shape index (κ3) is 1.98. The highest BCUT2D eigenvalue weighted by Gasteiger charge is 2.28. The number of alkyl halides is 1. The first-order chi connectivity index (χ1) is 9.09. The first-order valence-electron chi connectivity index (χ1n) is 6.60. The molecule has 0 radical (unpaired) electrons. The van der Waals surface area contributed by atoms with E-state index in [1.807, 2.05) is 18.2 Å². The van der Waals surface area contributed by atoms with Crippen molar-refractivity contribution in [1.82, 2.24) is 0 Å². The van der Waals surface area contributed by atoms with Gasteiger partial charge in [0.15, 0.2) is 0 Å². The molecule has 0 fully saturated rings. The summed E-state index contributed by atoms with van der Waals surface area (Å²) in [5, 5.41) is 9.96. The van der Waals surface area contributed by atoms with Crippen molar-refractivity contribution in [3.63, 3.8) is 0 Å². The predicted octanol–water partition coefficient (Wildman–Crippen LogP) is 4.17. The summed E-state index contributed by atoms with van der Waals surface area (Å²) >= 11 is 6.47. The Labute approximate surface area is 118 Å². The zero-order valence-electron chi connectivity index (χ0n) is 11.2. The van der Waals surface area contributed by atoms with Crippen molar-refractivity contribution in [2.45, 2.75) is 31.7 Å². The van der Waals surface area contributed by atoms with E-state index in [1.165, 1.54) is 27.8 Å². The molecule has 1 N–H and O–H groups in total. The highest BCUT2D eigenvalue weighted by atomic mass is 35.5. The van der Waals surface area contributed by atoms with Gasteiger partial charge in [0.1, 0.15) is 0 Å². The van der Waals surface area contributed by atoms with Crippen LogP contribution in [0, 0.1) is 13.8 Å². The number of rotatable bonds is 0. The summed E-state index contributed by atoms with van der Waals surface area (Å²) in [7, 11) is 0. The number of fused-ring (bicyclic) bond motifs is 3. The van der Waals surface area contributed by atoms with Gasteiger partial charge in [-0.1, -0.05) is 36.4 Å². The van der Waals surface area contributed by atoms with Crippen molar-refractivity contribution < 1.29 is 5.11 Å². The van der Waals surface area contributed by atoms with Gasteiger partial charge in [-0.05, 0) is 47.2 Å². The lowest BCUT2D eigenvalue weighted by atomic mass is 9.90. The number of aliphatic hydroxyl groups excluding tert-OH is 1. The average Bonchev–Trinajstić information content (AvgIpc) is 2.49. The Morgan fingerprint density at radius 3 is 2.37 bits per heavy atom. The van der Waals surface area contributed by atoms with Crippen molar-refractivity contribution in [3.05, 3.63) is 58.7 Å². The van der Waals surface area contributed by atoms with E-state index in [1.54, 1.807) is 0 Å². The molecule has 1 nitrogen and oxygen atoms in total. The lowest BCUT2D eigenvalue weighted by molar-refractivity contribution is 0.171. The van der Waals surface area contributed by atoms with Crippen LogP contribution < -0.4 is 0 Å². The molecule has 2 aromatic carbocycles. The largest absolute Gasteiger partial charge is 0.391 e. The maximum atomic E-state index is 10.3. The first-order valence-corrected chi connectivity index (χ1v) is 7.03. The molecule has 0 saturated carbocycles. The molecule has 0 spiro atoms. The van der Waals surface area contributed by atoms with E-state index in [-0.39, 0.29) is 5.38 Å². The van der Waals surface area contributed by atoms with Crippen molar-refractivity contribution in [3.8, 4) is 11.1 Å². The number of aliphatic hydroxyl groups is 1. The predicted molar refractivity (Wildman–Crippen MR) is 79.7 cm³/mol. The normalized spacial score (nSPS) is 21.5. The summed E-state index contributed by atoms with van der Waals surface area (Å²) in [5.74, 6) is 0. The molecule has 2 atom stereocenters. The van der Waals surface area contributed by atoms with Gasteiger partial charge >= 0.3 is 0 Å². The van der Waals surface area contributed by atoms with E-state index in [9.17, 15) is 5.11 Å². The zero-order chi connectivity index (χ0) is 13.6. The molecule has 2 aromatic rings. The number of aryl methyl sites for hydroxylation is 2.